The van der Waals surface area contributed by atoms with Gasteiger partial charge in [-0.05, 0) is 49.9 Å². The molecule has 0 spiro atoms. The second-order valence-corrected chi connectivity index (χ2v) is 4.56. The van der Waals surface area contributed by atoms with Crippen molar-refractivity contribution in [2.24, 2.45) is 11.5 Å². The van der Waals surface area contributed by atoms with Crippen LogP contribution in [-0.2, 0) is 0 Å². The molecule has 0 aromatic heterocycles. The molecule has 2 rings (SSSR count). The van der Waals surface area contributed by atoms with Gasteiger partial charge in [-0.1, -0.05) is 0 Å². The van der Waals surface area contributed by atoms with Crippen molar-refractivity contribution in [2.45, 2.75) is 37.8 Å². The van der Waals surface area contributed by atoms with E-state index in [1.165, 1.54) is 0 Å². The molecule has 1 aromatic carbocycles. The fourth-order valence-electron chi connectivity index (χ4n) is 2.18. The van der Waals surface area contributed by atoms with Crippen molar-refractivity contribution in [3.05, 3.63) is 29.8 Å². The molecule has 1 aliphatic carbocycles. The van der Waals surface area contributed by atoms with E-state index in [1.807, 2.05) is 0 Å². The van der Waals surface area contributed by atoms with Crippen LogP contribution in [0.25, 0.3) is 0 Å². The molecule has 1 fully saturated rings. The molecular formula is C13H18N2O2. The van der Waals surface area contributed by atoms with Crippen molar-refractivity contribution in [1.29, 1.82) is 0 Å². The van der Waals surface area contributed by atoms with Crippen LogP contribution in [0, 0.1) is 0 Å². The summed E-state index contributed by atoms with van der Waals surface area (Å²) in [6, 6.07) is 7.17. The number of hydrogen-bond donors (Lipinski definition) is 2. The summed E-state index contributed by atoms with van der Waals surface area (Å²) in [4.78, 5) is 10.9. The molecule has 0 saturated heterocycles. The third-order valence-corrected chi connectivity index (χ3v) is 3.11. The number of rotatable bonds is 3. The van der Waals surface area contributed by atoms with E-state index in [0.29, 0.717) is 5.56 Å². The lowest BCUT2D eigenvalue weighted by atomic mass is 9.93. The molecule has 1 aliphatic rings. The summed E-state index contributed by atoms with van der Waals surface area (Å²) in [5.41, 5.74) is 11.6. The summed E-state index contributed by atoms with van der Waals surface area (Å²) in [6.07, 6.45) is 4.34. The first-order chi connectivity index (χ1) is 8.15. The van der Waals surface area contributed by atoms with Crippen molar-refractivity contribution >= 4 is 5.91 Å². The molecule has 92 valence electrons. The Morgan fingerprint density at radius 3 is 2.53 bits per heavy atom. The van der Waals surface area contributed by atoms with E-state index in [0.717, 1.165) is 31.4 Å². The van der Waals surface area contributed by atoms with Gasteiger partial charge in [0.1, 0.15) is 11.9 Å². The van der Waals surface area contributed by atoms with Gasteiger partial charge in [-0.3, -0.25) is 4.79 Å². The maximum Gasteiger partial charge on any atom is 0.248 e. The maximum atomic E-state index is 10.9. The van der Waals surface area contributed by atoms with Gasteiger partial charge in [0.25, 0.3) is 0 Å². The molecule has 4 nitrogen and oxygen atoms in total. The van der Waals surface area contributed by atoms with E-state index in [-0.39, 0.29) is 12.1 Å². The van der Waals surface area contributed by atoms with Crippen molar-refractivity contribution in [3.63, 3.8) is 0 Å². The molecule has 1 saturated carbocycles. The fourth-order valence-corrected chi connectivity index (χ4v) is 2.18. The Labute approximate surface area is 101 Å². The van der Waals surface area contributed by atoms with Gasteiger partial charge in [-0.25, -0.2) is 0 Å². The van der Waals surface area contributed by atoms with Crippen LogP contribution in [0.5, 0.6) is 5.75 Å². The Balaban J connectivity index is 1.96. The molecule has 17 heavy (non-hydrogen) atoms. The average Bonchev–Trinajstić information content (AvgIpc) is 2.29. The van der Waals surface area contributed by atoms with Crippen LogP contribution in [0.2, 0.25) is 0 Å². The number of nitrogens with two attached hydrogens (primary N) is 2. The van der Waals surface area contributed by atoms with E-state index in [2.05, 4.69) is 0 Å². The van der Waals surface area contributed by atoms with E-state index in [4.69, 9.17) is 16.2 Å². The summed E-state index contributed by atoms with van der Waals surface area (Å²) < 4.78 is 5.83. The molecule has 2 unspecified atom stereocenters. The van der Waals surface area contributed by atoms with Crippen molar-refractivity contribution in [2.75, 3.05) is 0 Å². The highest BCUT2D eigenvalue weighted by atomic mass is 16.5. The minimum atomic E-state index is -0.420. The molecule has 0 radical (unpaired) electrons. The quantitative estimate of drug-likeness (QED) is 0.830. The Morgan fingerprint density at radius 1 is 1.24 bits per heavy atom. The number of carbonyl (C=O) groups excluding carboxylic acids is 1. The highest BCUT2D eigenvalue weighted by Crippen LogP contribution is 2.23. The SMILES string of the molecule is NC(=O)c1ccc(OC2CCCC(N)C2)cc1. The lowest BCUT2D eigenvalue weighted by Crippen LogP contribution is -2.33. The monoisotopic (exact) mass is 234 g/mol. The molecule has 1 amide bonds. The van der Waals surface area contributed by atoms with Crippen LogP contribution in [0.15, 0.2) is 24.3 Å². The van der Waals surface area contributed by atoms with Crippen LogP contribution >= 0.6 is 0 Å². The first-order valence-corrected chi connectivity index (χ1v) is 5.97. The minimum Gasteiger partial charge on any atom is -0.490 e. The molecule has 2 atom stereocenters. The third kappa shape index (κ3) is 3.20. The Kier molecular flexibility index (Phi) is 3.64. The summed E-state index contributed by atoms with van der Waals surface area (Å²) in [7, 11) is 0. The highest BCUT2D eigenvalue weighted by molar-refractivity contribution is 5.92. The molecule has 1 aromatic rings. The zero-order valence-corrected chi connectivity index (χ0v) is 9.76. The molecule has 0 bridgehead atoms. The van der Waals surface area contributed by atoms with Crippen LogP contribution in [0.3, 0.4) is 0 Å². The smallest absolute Gasteiger partial charge is 0.248 e. The summed E-state index contributed by atoms with van der Waals surface area (Å²) >= 11 is 0. The predicted octanol–water partition coefficient (Wildman–Crippen LogP) is 1.43. The zero-order valence-electron chi connectivity index (χ0n) is 9.76. The van der Waals surface area contributed by atoms with Crippen LogP contribution in [0.1, 0.15) is 36.0 Å². The Morgan fingerprint density at radius 2 is 1.94 bits per heavy atom. The average molecular weight is 234 g/mol. The van der Waals surface area contributed by atoms with E-state index in [9.17, 15) is 4.79 Å². The maximum absolute atomic E-state index is 10.9. The summed E-state index contributed by atoms with van der Waals surface area (Å²) in [5, 5.41) is 0. The molecule has 4 N–H and O–H groups in total. The molecule has 0 aliphatic heterocycles. The van der Waals surface area contributed by atoms with Gasteiger partial charge in [0.2, 0.25) is 5.91 Å². The van der Waals surface area contributed by atoms with Crippen LogP contribution in [0.4, 0.5) is 0 Å². The van der Waals surface area contributed by atoms with E-state index in [1.54, 1.807) is 24.3 Å². The zero-order chi connectivity index (χ0) is 12.3. The summed E-state index contributed by atoms with van der Waals surface area (Å²) in [6.45, 7) is 0. The van der Waals surface area contributed by atoms with Gasteiger partial charge in [-0.2, -0.15) is 0 Å². The van der Waals surface area contributed by atoms with Gasteiger partial charge < -0.3 is 16.2 Å². The Hall–Kier alpha value is -1.55. The van der Waals surface area contributed by atoms with Gasteiger partial charge in [-0.15, -0.1) is 0 Å². The number of carbonyl (C=O) groups is 1. The fraction of sp³-hybridized carbons (Fsp3) is 0.462. The highest BCUT2D eigenvalue weighted by Gasteiger charge is 2.20. The van der Waals surface area contributed by atoms with Crippen molar-refractivity contribution < 1.29 is 9.53 Å². The largest absolute Gasteiger partial charge is 0.490 e. The third-order valence-electron chi connectivity index (χ3n) is 3.11. The summed E-state index contributed by atoms with van der Waals surface area (Å²) in [5.74, 6) is 0.352. The first-order valence-electron chi connectivity index (χ1n) is 5.97. The number of hydrogen-bond acceptors (Lipinski definition) is 3. The molecule has 0 heterocycles. The van der Waals surface area contributed by atoms with E-state index < -0.39 is 5.91 Å². The van der Waals surface area contributed by atoms with Crippen molar-refractivity contribution in [1.82, 2.24) is 0 Å². The van der Waals surface area contributed by atoms with Crippen LogP contribution in [-0.4, -0.2) is 18.1 Å². The standard InChI is InChI=1S/C13H18N2O2/c14-10-2-1-3-12(8-10)17-11-6-4-9(5-7-11)13(15)16/h4-7,10,12H,1-3,8,14H2,(H2,15,16). The van der Waals surface area contributed by atoms with Crippen LogP contribution < -0.4 is 16.2 Å². The van der Waals surface area contributed by atoms with Gasteiger partial charge in [0.15, 0.2) is 0 Å². The van der Waals surface area contributed by atoms with Gasteiger partial charge in [0, 0.05) is 11.6 Å². The second kappa shape index (κ2) is 5.19. The van der Waals surface area contributed by atoms with Gasteiger partial charge in [0.05, 0.1) is 0 Å². The molecular weight excluding hydrogens is 216 g/mol. The first kappa shape index (κ1) is 11.9. The predicted molar refractivity (Wildman–Crippen MR) is 65.8 cm³/mol. The normalized spacial score (nSPS) is 24.3. The molecule has 4 heteroatoms. The number of ether oxygens (including phenoxy) is 1. The number of primary amides is 1. The minimum absolute atomic E-state index is 0.193. The van der Waals surface area contributed by atoms with Gasteiger partial charge >= 0.3 is 0 Å². The Bertz CT molecular complexity index is 389. The second-order valence-electron chi connectivity index (χ2n) is 4.56. The lowest BCUT2D eigenvalue weighted by molar-refractivity contribution is 0.1000. The number of benzene rings is 1. The van der Waals surface area contributed by atoms with Crippen molar-refractivity contribution in [3.8, 4) is 5.75 Å². The lowest BCUT2D eigenvalue weighted by Gasteiger charge is -2.27. The van der Waals surface area contributed by atoms with E-state index >= 15 is 0 Å². The number of amides is 1. The topological polar surface area (TPSA) is 78.3 Å².